The van der Waals surface area contributed by atoms with E-state index in [4.69, 9.17) is 18.9 Å². The van der Waals surface area contributed by atoms with Crippen molar-refractivity contribution in [1.29, 1.82) is 0 Å². The van der Waals surface area contributed by atoms with Crippen LogP contribution in [0.5, 0.6) is 23.0 Å². The number of hydrogen-bond donors (Lipinski definition) is 1. The molecule has 0 saturated carbocycles. The maximum atomic E-state index is 5.75. The summed E-state index contributed by atoms with van der Waals surface area (Å²) in [4.78, 5) is 0. The molecule has 1 unspecified atom stereocenters. The van der Waals surface area contributed by atoms with Gasteiger partial charge in [0.15, 0.2) is 11.5 Å². The van der Waals surface area contributed by atoms with Gasteiger partial charge in [-0.15, -0.1) is 0 Å². The summed E-state index contributed by atoms with van der Waals surface area (Å²) in [5.41, 5.74) is 3.53. The molecule has 2 bridgehead atoms. The third-order valence-corrected chi connectivity index (χ3v) is 5.27. The van der Waals surface area contributed by atoms with Crippen molar-refractivity contribution in [1.82, 2.24) is 5.32 Å². The van der Waals surface area contributed by atoms with Gasteiger partial charge in [-0.1, -0.05) is 0 Å². The third kappa shape index (κ3) is 2.41. The second-order valence-corrected chi connectivity index (χ2v) is 6.54. The lowest BCUT2D eigenvalue weighted by atomic mass is 9.88. The van der Waals surface area contributed by atoms with Gasteiger partial charge < -0.3 is 24.3 Å². The Morgan fingerprint density at radius 1 is 1.08 bits per heavy atom. The molecule has 0 fully saturated rings. The Hall–Kier alpha value is -1.92. The van der Waals surface area contributed by atoms with Gasteiger partial charge in [0.25, 0.3) is 0 Å². The zero-order valence-electron chi connectivity index (χ0n) is 13.5. The maximum Gasteiger partial charge on any atom is 0.231 e. The SMILES string of the molecule is COc1cc2c(cc1OC)C(c1ccc3c(Br)c1OCO3)NCC2. The van der Waals surface area contributed by atoms with Crippen molar-refractivity contribution in [2.75, 3.05) is 27.6 Å². The Labute approximate surface area is 149 Å². The number of benzene rings is 2. The molecular formula is C18H18BrNO4. The summed E-state index contributed by atoms with van der Waals surface area (Å²) in [7, 11) is 3.32. The zero-order valence-corrected chi connectivity index (χ0v) is 15.1. The molecule has 0 saturated heterocycles. The molecule has 126 valence electrons. The summed E-state index contributed by atoms with van der Waals surface area (Å²) in [6.45, 7) is 1.13. The molecule has 5 nitrogen and oxygen atoms in total. The average molecular weight is 392 g/mol. The normalized spacial score (nSPS) is 18.2. The first-order chi connectivity index (χ1) is 11.7. The van der Waals surface area contributed by atoms with E-state index >= 15 is 0 Å². The predicted molar refractivity (Wildman–Crippen MR) is 93.4 cm³/mol. The summed E-state index contributed by atoms with van der Waals surface area (Å²) in [6, 6.07) is 8.19. The molecule has 1 atom stereocenters. The summed E-state index contributed by atoms with van der Waals surface area (Å²) in [5.74, 6) is 3.14. The largest absolute Gasteiger partial charge is 0.493 e. The molecule has 2 aromatic carbocycles. The van der Waals surface area contributed by atoms with Gasteiger partial charge in [0.1, 0.15) is 16.0 Å². The van der Waals surface area contributed by atoms with Crippen LogP contribution in [-0.2, 0) is 6.42 Å². The number of hydrogen-bond acceptors (Lipinski definition) is 5. The first-order valence-electron chi connectivity index (χ1n) is 7.79. The van der Waals surface area contributed by atoms with Crippen molar-refractivity contribution in [3.05, 3.63) is 45.4 Å². The zero-order chi connectivity index (χ0) is 16.7. The van der Waals surface area contributed by atoms with Gasteiger partial charge in [-0.05, 0) is 57.7 Å². The van der Waals surface area contributed by atoms with Crippen molar-refractivity contribution in [3.63, 3.8) is 0 Å². The highest BCUT2D eigenvalue weighted by molar-refractivity contribution is 9.10. The van der Waals surface area contributed by atoms with Crippen LogP contribution in [0.15, 0.2) is 28.7 Å². The van der Waals surface area contributed by atoms with Gasteiger partial charge in [0.05, 0.1) is 20.3 Å². The van der Waals surface area contributed by atoms with E-state index in [-0.39, 0.29) is 12.8 Å². The van der Waals surface area contributed by atoms with E-state index in [1.165, 1.54) is 11.1 Å². The Bertz CT molecular complexity index is 793. The predicted octanol–water partition coefficient (Wildman–Crippen LogP) is 3.43. The Morgan fingerprint density at radius 3 is 2.67 bits per heavy atom. The molecule has 0 amide bonds. The van der Waals surface area contributed by atoms with Crippen molar-refractivity contribution in [2.45, 2.75) is 12.5 Å². The lowest BCUT2D eigenvalue weighted by molar-refractivity contribution is 0.101. The van der Waals surface area contributed by atoms with Crippen molar-refractivity contribution in [2.24, 2.45) is 0 Å². The van der Waals surface area contributed by atoms with Crippen LogP contribution in [0.25, 0.3) is 0 Å². The summed E-state index contributed by atoms with van der Waals surface area (Å²) < 4.78 is 23.0. The molecule has 4 rings (SSSR count). The molecule has 0 spiro atoms. The highest BCUT2D eigenvalue weighted by Crippen LogP contribution is 2.46. The maximum absolute atomic E-state index is 5.75. The van der Waals surface area contributed by atoms with Crippen LogP contribution in [0.1, 0.15) is 22.7 Å². The number of nitrogens with one attached hydrogen (secondary N) is 1. The minimum absolute atomic E-state index is 0.0343. The molecular weight excluding hydrogens is 374 g/mol. The van der Waals surface area contributed by atoms with Crippen LogP contribution in [0.3, 0.4) is 0 Å². The smallest absolute Gasteiger partial charge is 0.231 e. The monoisotopic (exact) mass is 391 g/mol. The van der Waals surface area contributed by atoms with Crippen LogP contribution in [0, 0.1) is 0 Å². The standard InChI is InChI=1S/C18H18BrNO4/c1-21-14-7-10-5-6-20-17(12(10)8-15(14)22-2)11-3-4-13-16(19)18(11)24-9-23-13/h3-4,7-8,17,20H,5-6,9H2,1-2H3. The van der Waals surface area contributed by atoms with Gasteiger partial charge >= 0.3 is 0 Å². The Balaban J connectivity index is 1.84. The van der Waals surface area contributed by atoms with Crippen molar-refractivity contribution >= 4 is 15.9 Å². The average Bonchev–Trinajstić information content (AvgIpc) is 2.60. The molecule has 2 aliphatic rings. The number of ether oxygens (including phenoxy) is 4. The van der Waals surface area contributed by atoms with Crippen LogP contribution >= 0.6 is 15.9 Å². The van der Waals surface area contributed by atoms with E-state index in [1.54, 1.807) is 14.2 Å². The molecule has 6 heteroatoms. The molecule has 1 N–H and O–H groups in total. The van der Waals surface area contributed by atoms with E-state index in [2.05, 4.69) is 39.4 Å². The fraction of sp³-hybridized carbons (Fsp3) is 0.333. The molecule has 2 aliphatic heterocycles. The van der Waals surface area contributed by atoms with Crippen molar-refractivity contribution < 1.29 is 18.9 Å². The first-order valence-corrected chi connectivity index (χ1v) is 8.58. The molecule has 2 aromatic rings. The van der Waals surface area contributed by atoms with Crippen LogP contribution in [0.4, 0.5) is 0 Å². The third-order valence-electron chi connectivity index (χ3n) is 4.52. The number of rotatable bonds is 3. The lowest BCUT2D eigenvalue weighted by Crippen LogP contribution is -2.31. The highest BCUT2D eigenvalue weighted by Gasteiger charge is 2.29. The van der Waals surface area contributed by atoms with Crippen LogP contribution < -0.4 is 24.3 Å². The number of fused-ring (bicyclic) bond motifs is 3. The molecule has 0 aromatic heterocycles. The van der Waals surface area contributed by atoms with E-state index in [1.807, 2.05) is 6.07 Å². The van der Waals surface area contributed by atoms with Crippen LogP contribution in [-0.4, -0.2) is 27.6 Å². The van der Waals surface area contributed by atoms with E-state index in [0.717, 1.165) is 46.0 Å². The number of methoxy groups -OCH3 is 2. The van der Waals surface area contributed by atoms with Crippen molar-refractivity contribution in [3.8, 4) is 23.0 Å². The second kappa shape index (κ2) is 6.18. The van der Waals surface area contributed by atoms with E-state index < -0.39 is 0 Å². The summed E-state index contributed by atoms with van der Waals surface area (Å²) in [6.07, 6.45) is 0.949. The van der Waals surface area contributed by atoms with Crippen LogP contribution in [0.2, 0.25) is 0 Å². The van der Waals surface area contributed by atoms with E-state index in [0.29, 0.717) is 0 Å². The number of halogens is 1. The molecule has 2 heterocycles. The lowest BCUT2D eigenvalue weighted by Gasteiger charge is -2.31. The fourth-order valence-corrected chi connectivity index (χ4v) is 3.94. The molecule has 0 radical (unpaired) electrons. The topological polar surface area (TPSA) is 49.0 Å². The second-order valence-electron chi connectivity index (χ2n) is 5.75. The summed E-state index contributed by atoms with van der Waals surface area (Å²) >= 11 is 3.58. The van der Waals surface area contributed by atoms with Gasteiger partial charge in [0.2, 0.25) is 6.79 Å². The molecule has 24 heavy (non-hydrogen) atoms. The Kier molecular flexibility index (Phi) is 4.02. The quantitative estimate of drug-likeness (QED) is 0.868. The van der Waals surface area contributed by atoms with E-state index in [9.17, 15) is 0 Å². The Morgan fingerprint density at radius 2 is 1.88 bits per heavy atom. The first kappa shape index (κ1) is 15.6. The highest BCUT2D eigenvalue weighted by atomic mass is 79.9. The fourth-order valence-electron chi connectivity index (χ4n) is 3.35. The summed E-state index contributed by atoms with van der Waals surface area (Å²) in [5, 5.41) is 3.59. The van der Waals surface area contributed by atoms with Gasteiger partial charge in [-0.2, -0.15) is 0 Å². The van der Waals surface area contributed by atoms with Gasteiger partial charge in [-0.25, -0.2) is 0 Å². The van der Waals surface area contributed by atoms with Gasteiger partial charge in [-0.3, -0.25) is 0 Å². The molecule has 0 aliphatic carbocycles. The van der Waals surface area contributed by atoms with Gasteiger partial charge in [0, 0.05) is 12.1 Å². The minimum atomic E-state index is 0.0343. The minimum Gasteiger partial charge on any atom is -0.493 e.